The van der Waals surface area contributed by atoms with Crippen molar-refractivity contribution in [2.45, 2.75) is 31.0 Å². The molecule has 7 heteroatoms. The lowest BCUT2D eigenvalue weighted by atomic mass is 9.86. The van der Waals surface area contributed by atoms with Crippen molar-refractivity contribution in [2.24, 2.45) is 5.73 Å². The molecule has 2 aromatic heterocycles. The van der Waals surface area contributed by atoms with Crippen LogP contribution in [0.25, 0.3) is 5.65 Å². The quantitative estimate of drug-likeness (QED) is 0.754. The van der Waals surface area contributed by atoms with Crippen LogP contribution in [-0.2, 0) is 4.74 Å². The van der Waals surface area contributed by atoms with Crippen molar-refractivity contribution in [2.75, 3.05) is 26.8 Å². The monoisotopic (exact) mass is 379 g/mol. The van der Waals surface area contributed by atoms with E-state index in [9.17, 15) is 0 Å². The highest BCUT2D eigenvalue weighted by Crippen LogP contribution is 2.37. The Labute approximate surface area is 164 Å². The van der Waals surface area contributed by atoms with E-state index in [4.69, 9.17) is 15.2 Å². The van der Waals surface area contributed by atoms with Crippen LogP contribution in [0.2, 0.25) is 0 Å². The van der Waals surface area contributed by atoms with Gasteiger partial charge in [0, 0.05) is 12.6 Å². The normalized spacial score (nSPS) is 25.6. The molecule has 28 heavy (non-hydrogen) atoms. The first-order chi connectivity index (χ1) is 13.7. The molecule has 1 fully saturated rings. The van der Waals surface area contributed by atoms with Gasteiger partial charge in [0.15, 0.2) is 11.5 Å². The number of morpholine rings is 1. The second kappa shape index (κ2) is 7.16. The summed E-state index contributed by atoms with van der Waals surface area (Å²) in [7, 11) is 2.09. The Morgan fingerprint density at radius 2 is 1.96 bits per heavy atom. The van der Waals surface area contributed by atoms with Crippen molar-refractivity contribution < 1.29 is 9.47 Å². The Hall–Kier alpha value is -2.48. The molecule has 0 radical (unpaired) electrons. The average molecular weight is 379 g/mol. The first-order valence-electron chi connectivity index (χ1n) is 9.84. The standard InChI is InChI=1S/C21H25N5O2/c1-25-10-11-27-13-18(25)21-24-23-20-9-6-14(12-26(20)21)28-19-8-7-17(22)15-4-2-3-5-16(15)19/h2-6,9,12,17-19H,7-8,10-11,13,22H2,1H3/t17-,18+,19+/m0/s1. The van der Waals surface area contributed by atoms with Gasteiger partial charge in [-0.3, -0.25) is 9.30 Å². The summed E-state index contributed by atoms with van der Waals surface area (Å²) in [6, 6.07) is 12.4. The van der Waals surface area contributed by atoms with Crippen LogP contribution in [0, 0.1) is 0 Å². The fourth-order valence-corrected chi connectivity index (χ4v) is 4.21. The summed E-state index contributed by atoms with van der Waals surface area (Å²) < 4.78 is 14.1. The highest BCUT2D eigenvalue weighted by atomic mass is 16.5. The van der Waals surface area contributed by atoms with Crippen LogP contribution in [0.3, 0.4) is 0 Å². The lowest BCUT2D eigenvalue weighted by molar-refractivity contribution is 0.00144. The number of aromatic nitrogens is 3. The maximum atomic E-state index is 6.40. The van der Waals surface area contributed by atoms with Crippen molar-refractivity contribution in [3.05, 3.63) is 59.5 Å². The number of fused-ring (bicyclic) bond motifs is 2. The predicted octanol–water partition coefficient (Wildman–Crippen LogP) is 2.65. The second-order valence-corrected chi connectivity index (χ2v) is 7.64. The van der Waals surface area contributed by atoms with Crippen molar-refractivity contribution in [3.8, 4) is 5.75 Å². The first kappa shape index (κ1) is 17.6. The van der Waals surface area contributed by atoms with Crippen LogP contribution < -0.4 is 10.5 Å². The zero-order chi connectivity index (χ0) is 19.1. The van der Waals surface area contributed by atoms with E-state index in [1.54, 1.807) is 0 Å². The van der Waals surface area contributed by atoms with Crippen molar-refractivity contribution in [1.82, 2.24) is 19.5 Å². The molecule has 3 aromatic rings. The summed E-state index contributed by atoms with van der Waals surface area (Å²) in [6.07, 6.45) is 3.83. The molecule has 1 aliphatic heterocycles. The first-order valence-corrected chi connectivity index (χ1v) is 9.84. The number of benzene rings is 1. The van der Waals surface area contributed by atoms with Crippen molar-refractivity contribution >= 4 is 5.65 Å². The molecule has 0 bridgehead atoms. The third kappa shape index (κ3) is 3.05. The molecule has 0 unspecified atom stereocenters. The predicted molar refractivity (Wildman–Crippen MR) is 105 cm³/mol. The molecule has 2 aliphatic rings. The summed E-state index contributed by atoms with van der Waals surface area (Å²) >= 11 is 0. The number of nitrogens with two attached hydrogens (primary N) is 1. The summed E-state index contributed by atoms with van der Waals surface area (Å²) in [4.78, 5) is 2.26. The minimum Gasteiger partial charge on any atom is -0.484 e. The van der Waals surface area contributed by atoms with Crippen LogP contribution in [-0.4, -0.2) is 46.3 Å². The van der Waals surface area contributed by atoms with Crippen LogP contribution >= 0.6 is 0 Å². The number of ether oxygens (including phenoxy) is 2. The minimum absolute atomic E-state index is 0.00840. The lowest BCUT2D eigenvalue weighted by Crippen LogP contribution is -2.37. The topological polar surface area (TPSA) is 77.9 Å². The van der Waals surface area contributed by atoms with Crippen molar-refractivity contribution in [1.29, 1.82) is 0 Å². The molecule has 1 saturated heterocycles. The van der Waals surface area contributed by atoms with E-state index in [2.05, 4.69) is 34.3 Å². The van der Waals surface area contributed by atoms with Gasteiger partial charge in [-0.05, 0) is 43.1 Å². The molecule has 146 valence electrons. The van der Waals surface area contributed by atoms with Gasteiger partial charge >= 0.3 is 0 Å². The zero-order valence-electron chi connectivity index (χ0n) is 16.0. The molecule has 2 N–H and O–H groups in total. The van der Waals surface area contributed by atoms with Gasteiger partial charge in [-0.2, -0.15) is 0 Å². The van der Waals surface area contributed by atoms with Gasteiger partial charge in [0.05, 0.1) is 25.5 Å². The van der Waals surface area contributed by atoms with E-state index in [0.29, 0.717) is 6.61 Å². The highest BCUT2D eigenvalue weighted by molar-refractivity contribution is 5.42. The highest BCUT2D eigenvalue weighted by Gasteiger charge is 2.28. The molecule has 7 nitrogen and oxygen atoms in total. The van der Waals surface area contributed by atoms with Gasteiger partial charge in [0.2, 0.25) is 0 Å². The van der Waals surface area contributed by atoms with Gasteiger partial charge in [-0.15, -0.1) is 10.2 Å². The number of rotatable bonds is 3. The Morgan fingerprint density at radius 3 is 2.82 bits per heavy atom. The van der Waals surface area contributed by atoms with E-state index in [1.807, 2.05) is 34.9 Å². The SMILES string of the molecule is CN1CCOC[C@@H]1c1nnc2ccc(O[C@@H]3CC[C@H](N)c4ccccc43)cn12. The average Bonchev–Trinajstić information content (AvgIpc) is 3.14. The molecular formula is C21H25N5O2. The van der Waals surface area contributed by atoms with Gasteiger partial charge < -0.3 is 15.2 Å². The number of likely N-dealkylation sites (N-methyl/N-ethyl adjacent to an activating group) is 1. The number of hydrogen-bond acceptors (Lipinski definition) is 6. The largest absolute Gasteiger partial charge is 0.484 e. The second-order valence-electron chi connectivity index (χ2n) is 7.64. The van der Waals surface area contributed by atoms with Gasteiger partial charge in [-0.25, -0.2) is 0 Å². The number of nitrogens with zero attached hydrogens (tertiary/aromatic N) is 4. The lowest BCUT2D eigenvalue weighted by Gasteiger charge is -2.31. The van der Waals surface area contributed by atoms with Crippen LogP contribution in [0.5, 0.6) is 5.75 Å². The Morgan fingerprint density at radius 1 is 1.11 bits per heavy atom. The molecular weight excluding hydrogens is 354 g/mol. The van der Waals surface area contributed by atoms with Gasteiger partial charge in [0.1, 0.15) is 11.9 Å². The van der Waals surface area contributed by atoms with Gasteiger partial charge in [0.25, 0.3) is 0 Å². The smallest absolute Gasteiger partial charge is 0.161 e. The molecule has 0 amide bonds. The summed E-state index contributed by atoms with van der Waals surface area (Å²) in [5, 5.41) is 8.74. The van der Waals surface area contributed by atoms with Crippen LogP contribution in [0.1, 0.15) is 48.0 Å². The molecule has 3 heterocycles. The Balaban J connectivity index is 1.46. The molecule has 1 aliphatic carbocycles. The number of pyridine rings is 1. The van der Waals surface area contributed by atoms with Crippen LogP contribution in [0.15, 0.2) is 42.6 Å². The van der Waals surface area contributed by atoms with E-state index < -0.39 is 0 Å². The van der Waals surface area contributed by atoms with E-state index in [1.165, 1.54) is 11.1 Å². The molecule has 0 spiro atoms. The summed E-state index contributed by atoms with van der Waals surface area (Å²) in [6.45, 7) is 2.26. The molecule has 5 rings (SSSR count). The fraction of sp³-hybridized carbons (Fsp3) is 0.429. The summed E-state index contributed by atoms with van der Waals surface area (Å²) in [5.41, 5.74) is 9.47. The molecule has 0 saturated carbocycles. The van der Waals surface area contributed by atoms with Gasteiger partial charge in [-0.1, -0.05) is 24.3 Å². The molecule has 1 aromatic carbocycles. The Bertz CT molecular complexity index is 988. The zero-order valence-corrected chi connectivity index (χ0v) is 16.0. The maximum absolute atomic E-state index is 6.40. The van der Waals surface area contributed by atoms with Crippen LogP contribution in [0.4, 0.5) is 0 Å². The summed E-state index contributed by atoms with van der Waals surface area (Å²) in [5.74, 6) is 1.69. The fourth-order valence-electron chi connectivity index (χ4n) is 4.21. The van der Waals surface area contributed by atoms with E-state index in [-0.39, 0.29) is 18.2 Å². The third-order valence-corrected chi connectivity index (χ3v) is 5.86. The third-order valence-electron chi connectivity index (χ3n) is 5.86. The minimum atomic E-state index is 0.00840. The molecule has 3 atom stereocenters. The van der Waals surface area contributed by atoms with E-state index >= 15 is 0 Å². The number of hydrogen-bond donors (Lipinski definition) is 1. The Kier molecular flexibility index (Phi) is 4.50. The van der Waals surface area contributed by atoms with Crippen molar-refractivity contribution in [3.63, 3.8) is 0 Å². The van der Waals surface area contributed by atoms with E-state index in [0.717, 1.165) is 43.2 Å². The maximum Gasteiger partial charge on any atom is 0.161 e.